The molecule has 26 heavy (non-hydrogen) atoms. The van der Waals surface area contributed by atoms with Crippen LogP contribution in [0.2, 0.25) is 15.1 Å². The Morgan fingerprint density at radius 3 is 2.38 bits per heavy atom. The van der Waals surface area contributed by atoms with Gasteiger partial charge in [-0.2, -0.15) is 0 Å². The second-order valence-electron chi connectivity index (χ2n) is 5.63. The smallest absolute Gasteiger partial charge is 0.422 e. The lowest BCUT2D eigenvalue weighted by Crippen LogP contribution is -2.25. The molecule has 0 unspecified atom stereocenters. The molecule has 0 spiro atoms. The first-order chi connectivity index (χ1) is 12.4. The van der Waals surface area contributed by atoms with Crippen molar-refractivity contribution in [2.75, 3.05) is 6.61 Å². The molecule has 136 valence electrons. The summed E-state index contributed by atoms with van der Waals surface area (Å²) < 4.78 is 11.8. The van der Waals surface area contributed by atoms with Gasteiger partial charge in [0.05, 0.1) is 17.5 Å². The van der Waals surface area contributed by atoms with E-state index in [1.165, 1.54) is 10.6 Å². The van der Waals surface area contributed by atoms with Gasteiger partial charge in [-0.1, -0.05) is 34.8 Å². The third-order valence-corrected chi connectivity index (χ3v) is 4.42. The highest BCUT2D eigenvalue weighted by Gasteiger charge is 2.10. The fraction of sp³-hybridized carbons (Fsp3) is 0.222. The summed E-state index contributed by atoms with van der Waals surface area (Å²) in [6.07, 6.45) is 1.34. The molecule has 0 N–H and O–H groups in total. The maximum absolute atomic E-state index is 12.0. The van der Waals surface area contributed by atoms with Crippen molar-refractivity contribution in [1.82, 2.24) is 4.57 Å². The minimum absolute atomic E-state index is 0.280. The van der Waals surface area contributed by atoms with Gasteiger partial charge in [-0.15, -0.1) is 0 Å². The summed E-state index contributed by atoms with van der Waals surface area (Å²) in [6.45, 7) is 0.826. The molecule has 5 nitrogen and oxygen atoms in total. The van der Waals surface area contributed by atoms with E-state index in [4.69, 9.17) is 44.0 Å². The fourth-order valence-corrected chi connectivity index (χ4v) is 3.26. The Kier molecular flexibility index (Phi) is 5.91. The number of aryl methyl sites for hydroxylation is 1. The van der Waals surface area contributed by atoms with Crippen LogP contribution in [-0.2, 0) is 6.54 Å². The molecule has 0 aliphatic rings. The number of rotatable bonds is 6. The average molecular weight is 415 g/mol. The Bertz CT molecular complexity index is 1040. The number of hydrogen-bond acceptors (Lipinski definition) is 4. The van der Waals surface area contributed by atoms with E-state index in [2.05, 4.69) is 0 Å². The van der Waals surface area contributed by atoms with E-state index in [0.717, 1.165) is 0 Å². The molecular weight excluding hydrogens is 401 g/mol. The fourth-order valence-electron chi connectivity index (χ4n) is 2.58. The van der Waals surface area contributed by atoms with Gasteiger partial charge < -0.3 is 9.15 Å². The van der Waals surface area contributed by atoms with E-state index >= 15 is 0 Å². The standard InChI is InChI=1S/C18H14Cl3NO4/c19-11-3-4-16-15(10-11)17(23)26-18(24)22(16)5-1-2-6-25-14-8-12(20)7-13(21)9-14/h3-4,7-10H,1-2,5-6H2. The van der Waals surface area contributed by atoms with Crippen molar-refractivity contribution < 1.29 is 9.15 Å². The molecular formula is C18H14Cl3NO4. The molecule has 0 aliphatic carbocycles. The summed E-state index contributed by atoms with van der Waals surface area (Å²) in [5.41, 5.74) is -0.192. The zero-order valence-corrected chi connectivity index (χ0v) is 15.8. The molecule has 0 atom stereocenters. The molecule has 0 saturated carbocycles. The van der Waals surface area contributed by atoms with Gasteiger partial charge >= 0.3 is 11.4 Å². The number of nitrogens with zero attached hydrogens (tertiary/aromatic N) is 1. The molecule has 2 aromatic carbocycles. The number of fused-ring (bicyclic) bond motifs is 1. The molecule has 0 radical (unpaired) electrons. The predicted octanol–water partition coefficient (Wildman–Crippen LogP) is 4.77. The summed E-state index contributed by atoms with van der Waals surface area (Å²) in [5, 5.41) is 1.69. The van der Waals surface area contributed by atoms with Gasteiger partial charge in [-0.05, 0) is 49.2 Å². The van der Waals surface area contributed by atoms with Crippen LogP contribution in [0.25, 0.3) is 10.9 Å². The highest BCUT2D eigenvalue weighted by atomic mass is 35.5. The molecule has 0 fully saturated rings. The first kappa shape index (κ1) is 18.8. The third kappa shape index (κ3) is 4.41. The van der Waals surface area contributed by atoms with Crippen LogP contribution >= 0.6 is 34.8 Å². The van der Waals surface area contributed by atoms with Gasteiger partial charge in [0.1, 0.15) is 5.75 Å². The zero-order chi connectivity index (χ0) is 18.7. The van der Waals surface area contributed by atoms with Crippen molar-refractivity contribution in [2.45, 2.75) is 19.4 Å². The molecule has 0 aliphatic heterocycles. The predicted molar refractivity (Wildman–Crippen MR) is 103 cm³/mol. The second-order valence-corrected chi connectivity index (χ2v) is 6.94. The van der Waals surface area contributed by atoms with E-state index in [-0.39, 0.29) is 5.39 Å². The number of aromatic nitrogens is 1. The van der Waals surface area contributed by atoms with Gasteiger partial charge in [-0.3, -0.25) is 4.57 Å². The summed E-state index contributed by atoms with van der Waals surface area (Å²) in [6, 6.07) is 9.75. The molecule has 3 rings (SSSR count). The van der Waals surface area contributed by atoms with Crippen molar-refractivity contribution >= 4 is 45.7 Å². The molecule has 3 aromatic rings. The number of benzene rings is 2. The number of hydrogen-bond donors (Lipinski definition) is 0. The Morgan fingerprint density at radius 2 is 1.65 bits per heavy atom. The van der Waals surface area contributed by atoms with Crippen molar-refractivity contribution in [3.05, 3.63) is 72.4 Å². The number of ether oxygens (including phenoxy) is 1. The lowest BCUT2D eigenvalue weighted by molar-refractivity contribution is 0.301. The van der Waals surface area contributed by atoms with E-state index < -0.39 is 11.4 Å². The van der Waals surface area contributed by atoms with Crippen LogP contribution in [0.4, 0.5) is 0 Å². The topological polar surface area (TPSA) is 61.4 Å². The van der Waals surface area contributed by atoms with Crippen molar-refractivity contribution in [3.8, 4) is 5.75 Å². The average Bonchev–Trinajstić information content (AvgIpc) is 2.56. The maximum Gasteiger partial charge on any atom is 0.422 e. The van der Waals surface area contributed by atoms with E-state index in [1.807, 2.05) is 0 Å². The van der Waals surface area contributed by atoms with Crippen molar-refractivity contribution in [1.29, 1.82) is 0 Å². The van der Waals surface area contributed by atoms with Crippen LogP contribution < -0.4 is 16.1 Å². The number of unbranched alkanes of at least 4 members (excludes halogenated alkanes) is 1. The SMILES string of the molecule is O=c1oc(=O)n(CCCCOc2cc(Cl)cc(Cl)c2)c2ccc(Cl)cc12. The maximum atomic E-state index is 12.0. The molecule has 0 bridgehead atoms. The first-order valence-electron chi connectivity index (χ1n) is 7.86. The highest BCUT2D eigenvalue weighted by molar-refractivity contribution is 6.34. The summed E-state index contributed by atoms with van der Waals surface area (Å²) in [7, 11) is 0. The van der Waals surface area contributed by atoms with Crippen LogP contribution in [-0.4, -0.2) is 11.2 Å². The second kappa shape index (κ2) is 8.16. The Hall–Kier alpha value is -1.95. The van der Waals surface area contributed by atoms with Crippen molar-refractivity contribution in [3.63, 3.8) is 0 Å². The van der Waals surface area contributed by atoms with Gasteiger partial charge in [-0.25, -0.2) is 9.59 Å². The minimum atomic E-state index is -0.690. The number of halogens is 3. The first-order valence-corrected chi connectivity index (χ1v) is 8.99. The normalized spacial score (nSPS) is 11.0. The lowest BCUT2D eigenvalue weighted by atomic mass is 10.2. The molecule has 1 heterocycles. The van der Waals surface area contributed by atoms with Crippen LogP contribution in [0.3, 0.4) is 0 Å². The molecule has 8 heteroatoms. The van der Waals surface area contributed by atoms with E-state index in [0.29, 0.717) is 52.3 Å². The van der Waals surface area contributed by atoms with Crippen LogP contribution in [0, 0.1) is 0 Å². The van der Waals surface area contributed by atoms with E-state index in [1.54, 1.807) is 30.3 Å². The van der Waals surface area contributed by atoms with Crippen molar-refractivity contribution in [2.24, 2.45) is 0 Å². The van der Waals surface area contributed by atoms with Crippen LogP contribution in [0.5, 0.6) is 5.75 Å². The highest BCUT2D eigenvalue weighted by Crippen LogP contribution is 2.24. The van der Waals surface area contributed by atoms with Gasteiger partial charge in [0.2, 0.25) is 0 Å². The lowest BCUT2D eigenvalue weighted by Gasteiger charge is -2.10. The van der Waals surface area contributed by atoms with Gasteiger partial charge in [0.15, 0.2) is 0 Å². The summed E-state index contributed by atoms with van der Waals surface area (Å²) >= 11 is 17.7. The molecule has 0 saturated heterocycles. The Morgan fingerprint density at radius 1 is 0.923 bits per heavy atom. The zero-order valence-electron chi connectivity index (χ0n) is 13.5. The molecule has 1 aromatic heterocycles. The van der Waals surface area contributed by atoms with Crippen LogP contribution in [0.15, 0.2) is 50.4 Å². The summed E-state index contributed by atoms with van der Waals surface area (Å²) in [4.78, 5) is 23.8. The largest absolute Gasteiger partial charge is 0.493 e. The quantitative estimate of drug-likeness (QED) is 0.545. The Balaban J connectivity index is 1.65. The van der Waals surface area contributed by atoms with Gasteiger partial charge in [0.25, 0.3) is 0 Å². The monoisotopic (exact) mass is 413 g/mol. The van der Waals surface area contributed by atoms with E-state index in [9.17, 15) is 9.59 Å². The van der Waals surface area contributed by atoms with Crippen LogP contribution in [0.1, 0.15) is 12.8 Å². The minimum Gasteiger partial charge on any atom is -0.493 e. The summed E-state index contributed by atoms with van der Waals surface area (Å²) in [5.74, 6) is -0.0992. The third-order valence-electron chi connectivity index (χ3n) is 3.75. The van der Waals surface area contributed by atoms with Gasteiger partial charge in [0, 0.05) is 21.6 Å². The molecule has 0 amide bonds. The Labute approximate surface area is 163 Å².